The number of epoxide rings is 1. The van der Waals surface area contributed by atoms with Gasteiger partial charge in [-0.1, -0.05) is 6.92 Å². The van der Waals surface area contributed by atoms with Crippen molar-refractivity contribution < 1.29 is 14.6 Å². The first kappa shape index (κ1) is 10.8. The second kappa shape index (κ2) is 3.46. The molecular formula is C14H22O3. The molecule has 4 bridgehead atoms. The maximum absolute atomic E-state index is 9.07. The Kier molecular flexibility index (Phi) is 2.19. The number of hydrogen-bond donors (Lipinski definition) is 1. The predicted molar refractivity (Wildman–Crippen MR) is 62.3 cm³/mol. The molecule has 4 saturated carbocycles. The highest BCUT2D eigenvalue weighted by Crippen LogP contribution is 2.65. The van der Waals surface area contributed by atoms with Gasteiger partial charge in [0.05, 0.1) is 12.2 Å². The molecule has 0 aromatic carbocycles. The molecule has 1 N–H and O–H groups in total. The molecule has 7 unspecified atom stereocenters. The Labute approximate surface area is 102 Å². The summed E-state index contributed by atoms with van der Waals surface area (Å²) in [6.07, 6.45) is 6.53. The number of hydrogen-bond acceptors (Lipinski definition) is 3. The van der Waals surface area contributed by atoms with Crippen LogP contribution in [0.4, 0.5) is 0 Å². The fourth-order valence-corrected chi connectivity index (χ4v) is 5.25. The minimum absolute atomic E-state index is 0.0465. The largest absolute Gasteiger partial charge is 0.393 e. The Morgan fingerprint density at radius 3 is 2.82 bits per heavy atom. The molecular weight excluding hydrogens is 216 g/mol. The van der Waals surface area contributed by atoms with E-state index in [1.54, 1.807) is 0 Å². The maximum atomic E-state index is 9.07. The summed E-state index contributed by atoms with van der Waals surface area (Å²) in [5.74, 6) is 3.45. The van der Waals surface area contributed by atoms with Crippen molar-refractivity contribution in [1.29, 1.82) is 0 Å². The van der Waals surface area contributed by atoms with Crippen LogP contribution in [0.2, 0.25) is 0 Å². The second-order valence-corrected chi connectivity index (χ2v) is 6.52. The van der Waals surface area contributed by atoms with Gasteiger partial charge in [0.25, 0.3) is 0 Å². The fraction of sp³-hybridized carbons (Fsp3) is 1.00. The Bertz CT molecular complexity index is 327. The lowest BCUT2D eigenvalue weighted by molar-refractivity contribution is -0.155. The first-order valence-corrected chi connectivity index (χ1v) is 7.21. The zero-order valence-electron chi connectivity index (χ0n) is 10.5. The first-order chi connectivity index (χ1) is 8.26. The summed E-state index contributed by atoms with van der Waals surface area (Å²) >= 11 is 0. The summed E-state index contributed by atoms with van der Waals surface area (Å²) in [5, 5.41) is 9.07. The van der Waals surface area contributed by atoms with Crippen molar-refractivity contribution in [1.82, 2.24) is 0 Å². The van der Waals surface area contributed by atoms with Crippen molar-refractivity contribution in [3.8, 4) is 0 Å². The average molecular weight is 238 g/mol. The number of ether oxygens (including phenoxy) is 2. The smallest absolute Gasteiger partial charge is 0.187 e. The van der Waals surface area contributed by atoms with Gasteiger partial charge in [-0.15, -0.1) is 0 Å². The zero-order valence-corrected chi connectivity index (χ0v) is 10.5. The predicted octanol–water partition coefficient (Wildman–Crippen LogP) is 1.94. The molecule has 1 heterocycles. The van der Waals surface area contributed by atoms with Crippen LogP contribution in [-0.4, -0.2) is 29.7 Å². The lowest BCUT2D eigenvalue weighted by Gasteiger charge is -2.43. The lowest BCUT2D eigenvalue weighted by Crippen LogP contribution is -2.46. The summed E-state index contributed by atoms with van der Waals surface area (Å²) < 4.78 is 11.7. The zero-order chi connectivity index (χ0) is 11.6. The van der Waals surface area contributed by atoms with E-state index in [2.05, 4.69) is 6.92 Å². The van der Waals surface area contributed by atoms with Gasteiger partial charge in [0.2, 0.25) is 0 Å². The summed E-state index contributed by atoms with van der Waals surface area (Å²) in [4.78, 5) is 0. The number of rotatable bonds is 4. The SMILES string of the molecule is CCC1(OC2OC2CO)C2CC3CC(C2)C1C3. The Balaban J connectivity index is 1.57. The van der Waals surface area contributed by atoms with Gasteiger partial charge in [-0.25, -0.2) is 0 Å². The monoisotopic (exact) mass is 238 g/mol. The third-order valence-electron chi connectivity index (χ3n) is 5.92. The quantitative estimate of drug-likeness (QED) is 0.761. The number of aliphatic hydroxyl groups is 1. The van der Waals surface area contributed by atoms with Gasteiger partial charge in [-0.3, -0.25) is 0 Å². The van der Waals surface area contributed by atoms with Crippen molar-refractivity contribution in [2.24, 2.45) is 23.7 Å². The van der Waals surface area contributed by atoms with Crippen LogP contribution >= 0.6 is 0 Å². The van der Waals surface area contributed by atoms with Gasteiger partial charge in [-0.05, 0) is 55.8 Å². The van der Waals surface area contributed by atoms with Crippen molar-refractivity contribution in [3.63, 3.8) is 0 Å². The average Bonchev–Trinajstić information content (AvgIpc) is 2.99. The topological polar surface area (TPSA) is 42.0 Å². The minimum atomic E-state index is -0.113. The normalized spacial score (nSPS) is 58.9. The molecule has 5 aliphatic rings. The molecule has 0 aromatic heterocycles. The van der Waals surface area contributed by atoms with Crippen LogP contribution in [0.15, 0.2) is 0 Å². The van der Waals surface area contributed by atoms with Crippen LogP contribution in [0.3, 0.4) is 0 Å². The van der Waals surface area contributed by atoms with Crippen molar-refractivity contribution in [3.05, 3.63) is 0 Å². The van der Waals surface area contributed by atoms with Crippen LogP contribution in [0, 0.1) is 23.7 Å². The van der Waals surface area contributed by atoms with E-state index in [9.17, 15) is 0 Å². The fourth-order valence-electron chi connectivity index (χ4n) is 5.25. The van der Waals surface area contributed by atoms with Crippen LogP contribution in [-0.2, 0) is 9.47 Å². The van der Waals surface area contributed by atoms with Crippen molar-refractivity contribution in [2.75, 3.05) is 6.61 Å². The third kappa shape index (κ3) is 1.33. The van der Waals surface area contributed by atoms with Gasteiger partial charge in [0, 0.05) is 0 Å². The van der Waals surface area contributed by atoms with Crippen molar-refractivity contribution in [2.45, 2.75) is 57.0 Å². The molecule has 5 fully saturated rings. The molecule has 0 aromatic rings. The summed E-state index contributed by atoms with van der Waals surface area (Å²) in [7, 11) is 0. The molecule has 96 valence electrons. The van der Waals surface area contributed by atoms with E-state index >= 15 is 0 Å². The van der Waals surface area contributed by atoms with E-state index in [0.29, 0.717) is 0 Å². The van der Waals surface area contributed by atoms with E-state index < -0.39 is 0 Å². The van der Waals surface area contributed by atoms with Gasteiger partial charge in [-0.2, -0.15) is 0 Å². The van der Waals surface area contributed by atoms with Crippen molar-refractivity contribution >= 4 is 0 Å². The van der Waals surface area contributed by atoms with Gasteiger partial charge >= 0.3 is 0 Å². The molecule has 5 rings (SSSR count). The number of aliphatic hydroxyl groups excluding tert-OH is 1. The van der Waals surface area contributed by atoms with Gasteiger partial charge < -0.3 is 14.6 Å². The van der Waals surface area contributed by atoms with Crippen LogP contribution in [0.5, 0.6) is 0 Å². The highest BCUT2D eigenvalue weighted by atomic mass is 16.8. The Hall–Kier alpha value is -0.120. The molecule has 7 atom stereocenters. The van der Waals surface area contributed by atoms with E-state index in [4.69, 9.17) is 14.6 Å². The molecule has 3 heteroatoms. The third-order valence-corrected chi connectivity index (χ3v) is 5.92. The molecule has 0 spiro atoms. The Morgan fingerprint density at radius 1 is 1.29 bits per heavy atom. The molecule has 0 amide bonds. The van der Waals surface area contributed by atoms with E-state index in [1.165, 1.54) is 25.7 Å². The highest BCUT2D eigenvalue weighted by Gasteiger charge is 2.64. The second-order valence-electron chi connectivity index (χ2n) is 6.52. The maximum Gasteiger partial charge on any atom is 0.187 e. The summed E-state index contributed by atoms with van der Waals surface area (Å²) in [6, 6.07) is 0. The van der Waals surface area contributed by atoms with Crippen LogP contribution in [0.25, 0.3) is 0 Å². The minimum Gasteiger partial charge on any atom is -0.393 e. The van der Waals surface area contributed by atoms with E-state index in [-0.39, 0.29) is 24.6 Å². The lowest BCUT2D eigenvalue weighted by atomic mass is 9.71. The summed E-state index contributed by atoms with van der Waals surface area (Å²) in [5.41, 5.74) is 0.0895. The Morgan fingerprint density at radius 2 is 2.18 bits per heavy atom. The van der Waals surface area contributed by atoms with Crippen LogP contribution < -0.4 is 0 Å². The molecule has 1 aliphatic heterocycles. The highest BCUT2D eigenvalue weighted by molar-refractivity contribution is 5.12. The molecule has 17 heavy (non-hydrogen) atoms. The molecule has 3 nitrogen and oxygen atoms in total. The van der Waals surface area contributed by atoms with E-state index in [0.717, 1.165) is 30.1 Å². The molecule has 4 aliphatic carbocycles. The molecule has 0 radical (unpaired) electrons. The van der Waals surface area contributed by atoms with Gasteiger partial charge in [0.15, 0.2) is 6.29 Å². The first-order valence-electron chi connectivity index (χ1n) is 7.21. The van der Waals surface area contributed by atoms with Gasteiger partial charge in [0.1, 0.15) is 6.10 Å². The van der Waals surface area contributed by atoms with E-state index in [1.807, 2.05) is 0 Å². The molecule has 1 saturated heterocycles. The summed E-state index contributed by atoms with van der Waals surface area (Å²) in [6.45, 7) is 2.37. The van der Waals surface area contributed by atoms with Crippen LogP contribution in [0.1, 0.15) is 39.0 Å². The standard InChI is InChI=1S/C14H22O3/c1-2-14(17-13-12(7-15)16-13)10-4-8-3-9(6-10)11(14)5-8/h8-13,15H,2-7H2,1H3.